The summed E-state index contributed by atoms with van der Waals surface area (Å²) in [4.78, 5) is 14.4. The Morgan fingerprint density at radius 2 is 1.83 bits per heavy atom. The number of hydrogen-bond donors (Lipinski definition) is 1. The highest BCUT2D eigenvalue weighted by Gasteiger charge is 2.30. The molecule has 3 rings (SSSR count). The Morgan fingerprint density at radius 1 is 1.14 bits per heavy atom. The molecule has 29 heavy (non-hydrogen) atoms. The van der Waals surface area contributed by atoms with E-state index in [1.807, 2.05) is 0 Å². The molecule has 2 aromatic carbocycles. The fourth-order valence-electron chi connectivity index (χ4n) is 2.36. The molecule has 1 heterocycles. The molecule has 0 aliphatic carbocycles. The number of nitrogens with one attached hydrogen (secondary N) is 1. The number of carbonyl (C=O) groups excluding carboxylic acids is 1. The first kappa shape index (κ1) is 20.1. The first-order chi connectivity index (χ1) is 13.7. The lowest BCUT2D eigenvalue weighted by molar-refractivity contribution is -0.274. The molecule has 1 aromatic heterocycles. The van der Waals surface area contributed by atoms with Crippen molar-refractivity contribution in [2.24, 2.45) is 0 Å². The van der Waals surface area contributed by atoms with E-state index in [0.29, 0.717) is 22.8 Å². The second-order valence-electron chi connectivity index (χ2n) is 6.17. The second kappa shape index (κ2) is 8.17. The highest BCUT2D eigenvalue weighted by molar-refractivity contribution is 5.77. The minimum atomic E-state index is -4.74. The predicted molar refractivity (Wildman–Crippen MR) is 98.4 cm³/mol. The average molecular weight is 406 g/mol. The fraction of sp³-hybridized carbons (Fsp3) is 0.222. The third-order valence-corrected chi connectivity index (χ3v) is 3.76. The molecule has 11 heteroatoms. The molecule has 1 N–H and O–H groups in total. The lowest BCUT2D eigenvalue weighted by atomic mass is 10.1. The molecule has 0 atom stereocenters. The number of rotatable bonds is 6. The molecule has 3 aromatic rings. The summed E-state index contributed by atoms with van der Waals surface area (Å²) in [6, 6.07) is 12.4. The number of nitrogens with zero attached hydrogens (tertiary/aromatic N) is 5. The van der Waals surface area contributed by atoms with Crippen molar-refractivity contribution in [3.8, 4) is 17.1 Å². The Balaban J connectivity index is 1.78. The lowest BCUT2D eigenvalue weighted by Crippen LogP contribution is -2.27. The van der Waals surface area contributed by atoms with E-state index >= 15 is 0 Å². The number of anilines is 2. The zero-order valence-electron chi connectivity index (χ0n) is 15.5. The van der Waals surface area contributed by atoms with Gasteiger partial charge in [-0.05, 0) is 41.6 Å². The van der Waals surface area contributed by atoms with E-state index in [1.54, 1.807) is 38.4 Å². The molecule has 0 bridgehead atoms. The third kappa shape index (κ3) is 5.43. The molecule has 0 aliphatic heterocycles. The largest absolute Gasteiger partial charge is 0.573 e. The van der Waals surface area contributed by atoms with Gasteiger partial charge in [-0.1, -0.05) is 12.1 Å². The Bertz CT molecular complexity index is 986. The Morgan fingerprint density at radius 3 is 2.48 bits per heavy atom. The van der Waals surface area contributed by atoms with Crippen LogP contribution in [0.4, 0.5) is 24.5 Å². The molecule has 1 amide bonds. The van der Waals surface area contributed by atoms with Gasteiger partial charge in [-0.3, -0.25) is 4.79 Å². The molecule has 0 unspecified atom stereocenters. The summed E-state index contributed by atoms with van der Waals surface area (Å²) >= 11 is 0. The summed E-state index contributed by atoms with van der Waals surface area (Å²) in [7, 11) is 3.26. The van der Waals surface area contributed by atoms with Crippen molar-refractivity contribution in [1.82, 2.24) is 25.1 Å². The van der Waals surface area contributed by atoms with Crippen LogP contribution in [-0.4, -0.2) is 51.5 Å². The summed E-state index contributed by atoms with van der Waals surface area (Å²) in [5.74, 6) is -0.190. The first-order valence-electron chi connectivity index (χ1n) is 8.41. The van der Waals surface area contributed by atoms with Gasteiger partial charge in [-0.15, -0.1) is 23.4 Å². The van der Waals surface area contributed by atoms with Crippen molar-refractivity contribution in [3.63, 3.8) is 0 Å². The number of ether oxygens (including phenoxy) is 1. The van der Waals surface area contributed by atoms with Gasteiger partial charge in [0.05, 0.1) is 0 Å². The minimum Gasteiger partial charge on any atom is -0.406 e. The standard InChI is InChI=1S/C18H17F3N6O2/c1-26(2)16(28)11-27-24-17(23-25-27)14-5-3-4-6-15(14)22-12-7-9-13(10-8-12)29-18(19,20)21/h3-10,22H,11H2,1-2H3. The Labute approximate surface area is 163 Å². The number of tetrazole rings is 1. The Kier molecular flexibility index (Phi) is 5.66. The summed E-state index contributed by atoms with van der Waals surface area (Å²) in [6.45, 7) is -0.0454. The number of alkyl halides is 3. The van der Waals surface area contributed by atoms with Crippen LogP contribution in [0.25, 0.3) is 11.4 Å². The van der Waals surface area contributed by atoms with Gasteiger partial charge in [0, 0.05) is 31.0 Å². The van der Waals surface area contributed by atoms with Crippen molar-refractivity contribution >= 4 is 17.3 Å². The van der Waals surface area contributed by atoms with Crippen LogP contribution in [0.5, 0.6) is 5.75 Å². The maximum absolute atomic E-state index is 12.3. The molecule has 0 saturated carbocycles. The van der Waals surface area contributed by atoms with E-state index in [9.17, 15) is 18.0 Å². The van der Waals surface area contributed by atoms with E-state index in [4.69, 9.17) is 0 Å². The normalized spacial score (nSPS) is 11.2. The van der Waals surface area contributed by atoms with Gasteiger partial charge < -0.3 is 15.0 Å². The Hall–Kier alpha value is -3.63. The summed E-state index contributed by atoms with van der Waals surface area (Å²) in [5.41, 5.74) is 1.78. The van der Waals surface area contributed by atoms with Gasteiger partial charge in [0.15, 0.2) is 0 Å². The summed E-state index contributed by atoms with van der Waals surface area (Å²) in [6.07, 6.45) is -4.74. The number of para-hydroxylation sites is 1. The lowest BCUT2D eigenvalue weighted by Gasteiger charge is -2.12. The molecular formula is C18H17F3N6O2. The van der Waals surface area contributed by atoms with Crippen LogP contribution in [0.15, 0.2) is 48.5 Å². The van der Waals surface area contributed by atoms with Crippen LogP contribution in [0.1, 0.15) is 0 Å². The predicted octanol–water partition coefficient (Wildman–Crippen LogP) is 3.07. The average Bonchev–Trinajstić information content (AvgIpc) is 3.11. The smallest absolute Gasteiger partial charge is 0.406 e. The number of amides is 1. The second-order valence-corrected chi connectivity index (χ2v) is 6.17. The van der Waals surface area contributed by atoms with Crippen LogP contribution >= 0.6 is 0 Å². The summed E-state index contributed by atoms with van der Waals surface area (Å²) in [5, 5.41) is 15.2. The molecule has 8 nitrogen and oxygen atoms in total. The van der Waals surface area contributed by atoms with Gasteiger partial charge in [0.1, 0.15) is 12.3 Å². The molecular weight excluding hydrogens is 389 g/mol. The number of hydrogen-bond acceptors (Lipinski definition) is 6. The van der Waals surface area contributed by atoms with E-state index in [2.05, 4.69) is 25.5 Å². The van der Waals surface area contributed by atoms with Crippen LogP contribution < -0.4 is 10.1 Å². The molecule has 0 radical (unpaired) electrons. The van der Waals surface area contributed by atoms with Gasteiger partial charge in [0.25, 0.3) is 0 Å². The van der Waals surface area contributed by atoms with Crippen molar-refractivity contribution in [3.05, 3.63) is 48.5 Å². The SMILES string of the molecule is CN(C)C(=O)Cn1nnc(-c2ccccc2Nc2ccc(OC(F)(F)F)cc2)n1. The van der Waals surface area contributed by atoms with Crippen molar-refractivity contribution in [1.29, 1.82) is 0 Å². The number of benzene rings is 2. The minimum absolute atomic E-state index is 0.0454. The van der Waals surface area contributed by atoms with Crippen molar-refractivity contribution < 1.29 is 22.7 Å². The monoisotopic (exact) mass is 406 g/mol. The number of aromatic nitrogens is 4. The molecule has 0 aliphatic rings. The molecule has 0 spiro atoms. The number of halogens is 3. The van der Waals surface area contributed by atoms with E-state index in [-0.39, 0.29) is 18.2 Å². The van der Waals surface area contributed by atoms with Gasteiger partial charge >= 0.3 is 6.36 Å². The van der Waals surface area contributed by atoms with E-state index in [1.165, 1.54) is 34.0 Å². The van der Waals surface area contributed by atoms with Gasteiger partial charge in [0.2, 0.25) is 11.7 Å². The van der Waals surface area contributed by atoms with E-state index in [0.717, 1.165) is 0 Å². The van der Waals surface area contributed by atoms with Crippen molar-refractivity contribution in [2.45, 2.75) is 12.9 Å². The van der Waals surface area contributed by atoms with Crippen LogP contribution in [-0.2, 0) is 11.3 Å². The highest BCUT2D eigenvalue weighted by atomic mass is 19.4. The van der Waals surface area contributed by atoms with Crippen molar-refractivity contribution in [2.75, 3.05) is 19.4 Å². The number of likely N-dealkylation sites (N-methyl/N-ethyl adjacent to an activating group) is 1. The topological polar surface area (TPSA) is 85.2 Å². The molecule has 0 saturated heterocycles. The fourth-order valence-corrected chi connectivity index (χ4v) is 2.36. The molecule has 0 fully saturated rings. The zero-order valence-corrected chi connectivity index (χ0v) is 15.5. The highest BCUT2D eigenvalue weighted by Crippen LogP contribution is 2.29. The van der Waals surface area contributed by atoms with Crippen LogP contribution in [0, 0.1) is 0 Å². The quantitative estimate of drug-likeness (QED) is 0.677. The number of carbonyl (C=O) groups is 1. The first-order valence-corrected chi connectivity index (χ1v) is 8.41. The van der Waals surface area contributed by atoms with Gasteiger partial charge in [-0.2, -0.15) is 4.80 Å². The maximum atomic E-state index is 12.3. The zero-order chi connectivity index (χ0) is 21.0. The summed E-state index contributed by atoms with van der Waals surface area (Å²) < 4.78 is 40.7. The van der Waals surface area contributed by atoms with Crippen LogP contribution in [0.3, 0.4) is 0 Å². The maximum Gasteiger partial charge on any atom is 0.573 e. The van der Waals surface area contributed by atoms with Gasteiger partial charge in [-0.25, -0.2) is 0 Å². The van der Waals surface area contributed by atoms with E-state index < -0.39 is 6.36 Å². The molecule has 152 valence electrons. The third-order valence-electron chi connectivity index (χ3n) is 3.76. The van der Waals surface area contributed by atoms with Crippen LogP contribution in [0.2, 0.25) is 0 Å².